The van der Waals surface area contributed by atoms with Crippen molar-refractivity contribution in [3.8, 4) is 0 Å². The van der Waals surface area contributed by atoms with Crippen molar-refractivity contribution in [2.75, 3.05) is 39.3 Å². The Balaban J connectivity index is 1.80. The molecule has 0 aromatic heterocycles. The molecule has 1 aliphatic heterocycles. The number of rotatable bonds is 5. The molecule has 0 radical (unpaired) electrons. The zero-order valence-electron chi connectivity index (χ0n) is 11.4. The average Bonchev–Trinajstić information content (AvgIpc) is 2.64. The molecule has 1 N–H and O–H groups in total. The summed E-state index contributed by atoms with van der Waals surface area (Å²) in [4.78, 5) is 4.84. The molecule has 0 saturated carbocycles. The van der Waals surface area contributed by atoms with E-state index in [1.807, 2.05) is 12.1 Å². The van der Waals surface area contributed by atoms with Crippen LogP contribution in [-0.2, 0) is 6.54 Å². The third kappa shape index (κ3) is 4.90. The minimum atomic E-state index is -0.171. The summed E-state index contributed by atoms with van der Waals surface area (Å²) in [6.07, 6.45) is 2.02. The second-order valence-corrected chi connectivity index (χ2v) is 5.17. The summed E-state index contributed by atoms with van der Waals surface area (Å²) in [5.74, 6) is -0.171. The maximum absolute atomic E-state index is 12.9. The van der Waals surface area contributed by atoms with Crippen molar-refractivity contribution in [1.82, 2.24) is 9.80 Å². The second-order valence-electron chi connectivity index (χ2n) is 5.17. The van der Waals surface area contributed by atoms with Crippen molar-refractivity contribution in [1.29, 1.82) is 0 Å². The SMILES string of the molecule is OCCCN1CCCN(Cc2ccc(F)cc2)CC1. The van der Waals surface area contributed by atoms with Crippen LogP contribution in [0.3, 0.4) is 0 Å². The minimum absolute atomic E-state index is 0.171. The Morgan fingerprint density at radius 2 is 1.68 bits per heavy atom. The number of benzene rings is 1. The van der Waals surface area contributed by atoms with Gasteiger partial charge in [0.25, 0.3) is 0 Å². The van der Waals surface area contributed by atoms with Crippen molar-refractivity contribution in [2.24, 2.45) is 0 Å². The third-order valence-corrected chi connectivity index (χ3v) is 3.63. The highest BCUT2D eigenvalue weighted by molar-refractivity contribution is 5.15. The van der Waals surface area contributed by atoms with Crippen LogP contribution in [0.1, 0.15) is 18.4 Å². The normalized spacial score (nSPS) is 18.4. The summed E-state index contributed by atoms with van der Waals surface area (Å²) >= 11 is 0. The van der Waals surface area contributed by atoms with Crippen LogP contribution in [0.4, 0.5) is 4.39 Å². The zero-order chi connectivity index (χ0) is 13.5. The fourth-order valence-corrected chi connectivity index (χ4v) is 2.55. The van der Waals surface area contributed by atoms with E-state index in [2.05, 4.69) is 9.80 Å². The van der Waals surface area contributed by atoms with Crippen LogP contribution in [0, 0.1) is 5.82 Å². The Labute approximate surface area is 114 Å². The largest absolute Gasteiger partial charge is 0.396 e. The first-order chi connectivity index (χ1) is 9.28. The van der Waals surface area contributed by atoms with Gasteiger partial charge in [-0.25, -0.2) is 4.39 Å². The van der Waals surface area contributed by atoms with Crippen LogP contribution in [0.2, 0.25) is 0 Å². The monoisotopic (exact) mass is 266 g/mol. The van der Waals surface area contributed by atoms with Crippen molar-refractivity contribution >= 4 is 0 Å². The Bertz CT molecular complexity index is 369. The van der Waals surface area contributed by atoms with Gasteiger partial charge in [-0.1, -0.05) is 12.1 Å². The minimum Gasteiger partial charge on any atom is -0.396 e. The number of aliphatic hydroxyl groups excluding tert-OH is 1. The van der Waals surface area contributed by atoms with Crippen LogP contribution in [0.25, 0.3) is 0 Å². The van der Waals surface area contributed by atoms with E-state index in [1.165, 1.54) is 17.7 Å². The lowest BCUT2D eigenvalue weighted by molar-refractivity contribution is 0.221. The molecule has 0 spiro atoms. The fourth-order valence-electron chi connectivity index (χ4n) is 2.55. The maximum Gasteiger partial charge on any atom is 0.123 e. The van der Waals surface area contributed by atoms with Crippen molar-refractivity contribution in [3.05, 3.63) is 35.6 Å². The molecule has 4 heteroatoms. The van der Waals surface area contributed by atoms with Gasteiger partial charge >= 0.3 is 0 Å². The van der Waals surface area contributed by atoms with Gasteiger partial charge in [-0.2, -0.15) is 0 Å². The summed E-state index contributed by atoms with van der Waals surface area (Å²) < 4.78 is 12.9. The van der Waals surface area contributed by atoms with Crippen LogP contribution >= 0.6 is 0 Å². The van der Waals surface area contributed by atoms with Gasteiger partial charge in [0.1, 0.15) is 5.82 Å². The van der Waals surface area contributed by atoms with E-state index >= 15 is 0 Å². The molecule has 0 atom stereocenters. The molecule has 1 aromatic rings. The predicted octanol–water partition coefficient (Wildman–Crippen LogP) is 1.72. The lowest BCUT2D eigenvalue weighted by Gasteiger charge is -2.21. The van der Waals surface area contributed by atoms with Crippen LogP contribution in [-0.4, -0.2) is 54.2 Å². The fraction of sp³-hybridized carbons (Fsp3) is 0.600. The lowest BCUT2D eigenvalue weighted by atomic mass is 10.2. The molecule has 0 aliphatic carbocycles. The van der Waals surface area contributed by atoms with Crippen LogP contribution in [0.15, 0.2) is 24.3 Å². The molecular weight excluding hydrogens is 243 g/mol. The van der Waals surface area contributed by atoms with Gasteiger partial charge in [-0.3, -0.25) is 4.90 Å². The molecule has 0 bridgehead atoms. The quantitative estimate of drug-likeness (QED) is 0.879. The number of aliphatic hydroxyl groups is 1. The number of halogens is 1. The van der Waals surface area contributed by atoms with E-state index in [-0.39, 0.29) is 12.4 Å². The number of nitrogens with zero attached hydrogens (tertiary/aromatic N) is 2. The number of hydrogen-bond donors (Lipinski definition) is 1. The molecule has 106 valence electrons. The van der Waals surface area contributed by atoms with Gasteiger partial charge in [0.15, 0.2) is 0 Å². The Hall–Kier alpha value is -0.970. The summed E-state index contributed by atoms with van der Waals surface area (Å²) in [5, 5.41) is 8.87. The summed E-state index contributed by atoms with van der Waals surface area (Å²) in [6.45, 7) is 6.46. The van der Waals surface area contributed by atoms with Crippen molar-refractivity contribution in [2.45, 2.75) is 19.4 Å². The van der Waals surface area contributed by atoms with Gasteiger partial charge in [0, 0.05) is 32.8 Å². The Kier molecular flexibility index (Phi) is 5.76. The predicted molar refractivity (Wildman–Crippen MR) is 74.4 cm³/mol. The molecular formula is C15H23FN2O. The molecule has 1 fully saturated rings. The molecule has 0 amide bonds. The second kappa shape index (κ2) is 7.58. The van der Waals surface area contributed by atoms with Gasteiger partial charge in [0.05, 0.1) is 0 Å². The van der Waals surface area contributed by atoms with Crippen LogP contribution in [0.5, 0.6) is 0 Å². The Morgan fingerprint density at radius 3 is 2.42 bits per heavy atom. The molecule has 1 saturated heterocycles. The van der Waals surface area contributed by atoms with Gasteiger partial charge in [-0.15, -0.1) is 0 Å². The standard InChI is InChI=1S/C15H23FN2O/c16-15-5-3-14(4-6-15)13-18-8-1-7-17(10-11-18)9-2-12-19/h3-6,19H,1-2,7-13H2. The summed E-state index contributed by atoms with van der Waals surface area (Å²) in [5.41, 5.74) is 1.17. The highest BCUT2D eigenvalue weighted by Crippen LogP contribution is 2.10. The lowest BCUT2D eigenvalue weighted by Crippen LogP contribution is -2.31. The van der Waals surface area contributed by atoms with Gasteiger partial charge < -0.3 is 10.0 Å². The van der Waals surface area contributed by atoms with E-state index in [0.717, 1.165) is 52.1 Å². The van der Waals surface area contributed by atoms with E-state index < -0.39 is 0 Å². The third-order valence-electron chi connectivity index (χ3n) is 3.63. The molecule has 1 aliphatic rings. The first kappa shape index (κ1) is 14.4. The zero-order valence-corrected chi connectivity index (χ0v) is 11.4. The van der Waals surface area contributed by atoms with Gasteiger partial charge in [-0.05, 0) is 43.6 Å². The molecule has 19 heavy (non-hydrogen) atoms. The van der Waals surface area contributed by atoms with E-state index in [1.54, 1.807) is 0 Å². The summed E-state index contributed by atoms with van der Waals surface area (Å²) in [7, 11) is 0. The van der Waals surface area contributed by atoms with Crippen molar-refractivity contribution in [3.63, 3.8) is 0 Å². The molecule has 1 aromatic carbocycles. The van der Waals surface area contributed by atoms with E-state index in [9.17, 15) is 4.39 Å². The highest BCUT2D eigenvalue weighted by Gasteiger charge is 2.14. The molecule has 3 nitrogen and oxygen atoms in total. The Morgan fingerprint density at radius 1 is 1.00 bits per heavy atom. The van der Waals surface area contributed by atoms with E-state index in [0.29, 0.717) is 0 Å². The van der Waals surface area contributed by atoms with Crippen molar-refractivity contribution < 1.29 is 9.50 Å². The molecule has 2 rings (SSSR count). The highest BCUT2D eigenvalue weighted by atomic mass is 19.1. The number of hydrogen-bond acceptors (Lipinski definition) is 3. The average molecular weight is 266 g/mol. The molecule has 0 unspecified atom stereocenters. The first-order valence-corrected chi connectivity index (χ1v) is 7.08. The summed E-state index contributed by atoms with van der Waals surface area (Å²) in [6, 6.07) is 6.79. The first-order valence-electron chi connectivity index (χ1n) is 7.08. The van der Waals surface area contributed by atoms with E-state index in [4.69, 9.17) is 5.11 Å². The topological polar surface area (TPSA) is 26.7 Å². The van der Waals surface area contributed by atoms with Gasteiger partial charge in [0.2, 0.25) is 0 Å². The molecule has 1 heterocycles. The smallest absolute Gasteiger partial charge is 0.123 e. The van der Waals surface area contributed by atoms with Crippen LogP contribution < -0.4 is 0 Å². The maximum atomic E-state index is 12.9.